The molecule has 11 heavy (non-hydrogen) atoms. The highest BCUT2D eigenvalue weighted by Crippen LogP contribution is 2.34. The molecule has 60 valence electrons. The SMILES string of the molecule is N#C[C@@H]1CC(F)(F)CCC1=O. The van der Waals surface area contributed by atoms with Gasteiger partial charge in [0, 0.05) is 19.3 Å². The van der Waals surface area contributed by atoms with Crippen LogP contribution in [0.15, 0.2) is 0 Å². The Bertz CT molecular complexity index is 219. The molecule has 1 aliphatic rings. The quantitative estimate of drug-likeness (QED) is 0.537. The van der Waals surface area contributed by atoms with Gasteiger partial charge in [-0.25, -0.2) is 8.78 Å². The molecule has 0 saturated heterocycles. The molecule has 0 aromatic rings. The maximum Gasteiger partial charge on any atom is 0.250 e. The van der Waals surface area contributed by atoms with Crippen LogP contribution in [0.2, 0.25) is 0 Å². The van der Waals surface area contributed by atoms with Gasteiger partial charge in [-0.15, -0.1) is 0 Å². The fourth-order valence-electron chi connectivity index (χ4n) is 1.11. The standard InChI is InChI=1S/C7H7F2NO/c8-7(9)2-1-6(11)5(3-7)4-10/h5H,1-3H2/t5-/m0/s1. The van der Waals surface area contributed by atoms with Crippen LogP contribution in [0.3, 0.4) is 0 Å². The predicted octanol–water partition coefficient (Wildman–Crippen LogP) is 1.51. The second-order valence-corrected chi connectivity index (χ2v) is 2.71. The number of hydrogen-bond donors (Lipinski definition) is 0. The summed E-state index contributed by atoms with van der Waals surface area (Å²) < 4.78 is 25.0. The van der Waals surface area contributed by atoms with E-state index in [1.807, 2.05) is 0 Å². The van der Waals surface area contributed by atoms with Crippen LogP contribution < -0.4 is 0 Å². The van der Waals surface area contributed by atoms with E-state index in [9.17, 15) is 13.6 Å². The molecule has 0 amide bonds. The second kappa shape index (κ2) is 2.57. The zero-order valence-electron chi connectivity index (χ0n) is 5.81. The molecule has 0 bridgehead atoms. The van der Waals surface area contributed by atoms with E-state index in [2.05, 4.69) is 0 Å². The van der Waals surface area contributed by atoms with E-state index in [0.717, 1.165) is 0 Å². The number of ketones is 1. The number of nitriles is 1. The van der Waals surface area contributed by atoms with Crippen molar-refractivity contribution in [1.82, 2.24) is 0 Å². The summed E-state index contributed by atoms with van der Waals surface area (Å²) in [4.78, 5) is 10.8. The molecule has 0 unspecified atom stereocenters. The van der Waals surface area contributed by atoms with Gasteiger partial charge in [0.1, 0.15) is 11.7 Å². The summed E-state index contributed by atoms with van der Waals surface area (Å²) in [5.74, 6) is -4.24. The lowest BCUT2D eigenvalue weighted by atomic mass is 9.86. The molecule has 0 spiro atoms. The molecule has 0 radical (unpaired) electrons. The molecular weight excluding hydrogens is 152 g/mol. The number of alkyl halides is 2. The van der Waals surface area contributed by atoms with E-state index in [4.69, 9.17) is 5.26 Å². The Labute approximate surface area is 62.8 Å². The summed E-state index contributed by atoms with van der Waals surface area (Å²) in [7, 11) is 0. The Morgan fingerprint density at radius 1 is 1.64 bits per heavy atom. The Balaban J connectivity index is 2.68. The fourth-order valence-corrected chi connectivity index (χ4v) is 1.11. The summed E-state index contributed by atoms with van der Waals surface area (Å²) in [5, 5.41) is 8.29. The zero-order chi connectivity index (χ0) is 8.48. The largest absolute Gasteiger partial charge is 0.298 e. The number of carbonyl (C=O) groups is 1. The van der Waals surface area contributed by atoms with Crippen molar-refractivity contribution in [1.29, 1.82) is 5.26 Å². The van der Waals surface area contributed by atoms with Gasteiger partial charge in [-0.05, 0) is 0 Å². The molecule has 1 saturated carbocycles. The van der Waals surface area contributed by atoms with Gasteiger partial charge in [0.2, 0.25) is 5.92 Å². The first-order valence-electron chi connectivity index (χ1n) is 3.35. The minimum atomic E-state index is -2.81. The van der Waals surface area contributed by atoms with E-state index in [1.54, 1.807) is 6.07 Å². The minimum Gasteiger partial charge on any atom is -0.298 e. The van der Waals surface area contributed by atoms with Gasteiger partial charge in [-0.2, -0.15) is 5.26 Å². The maximum atomic E-state index is 12.5. The first kappa shape index (κ1) is 8.12. The van der Waals surface area contributed by atoms with Gasteiger partial charge in [-0.1, -0.05) is 0 Å². The second-order valence-electron chi connectivity index (χ2n) is 2.71. The molecule has 2 nitrogen and oxygen atoms in total. The predicted molar refractivity (Wildman–Crippen MR) is 32.9 cm³/mol. The van der Waals surface area contributed by atoms with Gasteiger partial charge in [-0.3, -0.25) is 4.79 Å². The average Bonchev–Trinajstić information content (AvgIpc) is 1.94. The number of nitrogens with zero attached hydrogens (tertiary/aromatic N) is 1. The van der Waals surface area contributed by atoms with E-state index >= 15 is 0 Å². The van der Waals surface area contributed by atoms with Crippen molar-refractivity contribution in [2.24, 2.45) is 5.92 Å². The summed E-state index contributed by atoms with van der Waals surface area (Å²) in [6, 6.07) is 1.58. The third kappa shape index (κ3) is 1.73. The maximum absolute atomic E-state index is 12.5. The lowest BCUT2D eigenvalue weighted by Crippen LogP contribution is -2.31. The normalized spacial score (nSPS) is 29.5. The molecule has 0 heterocycles. The molecule has 1 atom stereocenters. The Morgan fingerprint density at radius 3 is 2.73 bits per heavy atom. The van der Waals surface area contributed by atoms with Crippen molar-refractivity contribution in [2.45, 2.75) is 25.2 Å². The average molecular weight is 159 g/mol. The van der Waals surface area contributed by atoms with Crippen molar-refractivity contribution in [3.05, 3.63) is 0 Å². The topological polar surface area (TPSA) is 40.9 Å². The van der Waals surface area contributed by atoms with E-state index in [1.165, 1.54) is 0 Å². The smallest absolute Gasteiger partial charge is 0.250 e. The Kier molecular flexibility index (Phi) is 1.90. The molecule has 1 aliphatic carbocycles. The van der Waals surface area contributed by atoms with Crippen LogP contribution in [0.25, 0.3) is 0 Å². The highest BCUT2D eigenvalue weighted by molar-refractivity contribution is 5.84. The molecule has 0 aromatic heterocycles. The van der Waals surface area contributed by atoms with Gasteiger partial charge in [0.15, 0.2) is 0 Å². The highest BCUT2D eigenvalue weighted by Gasteiger charge is 2.40. The van der Waals surface area contributed by atoms with Crippen molar-refractivity contribution >= 4 is 5.78 Å². The van der Waals surface area contributed by atoms with Crippen LogP contribution in [0, 0.1) is 17.2 Å². The van der Waals surface area contributed by atoms with Gasteiger partial charge >= 0.3 is 0 Å². The summed E-state index contributed by atoms with van der Waals surface area (Å²) in [5.41, 5.74) is 0. The van der Waals surface area contributed by atoms with Gasteiger partial charge in [0.05, 0.1) is 6.07 Å². The zero-order valence-corrected chi connectivity index (χ0v) is 5.81. The van der Waals surface area contributed by atoms with Crippen LogP contribution in [0.4, 0.5) is 8.78 Å². The fraction of sp³-hybridized carbons (Fsp3) is 0.714. The minimum absolute atomic E-state index is 0.161. The number of halogens is 2. The van der Waals surface area contributed by atoms with Crippen LogP contribution in [-0.4, -0.2) is 11.7 Å². The van der Waals surface area contributed by atoms with E-state index < -0.39 is 24.7 Å². The monoisotopic (exact) mass is 159 g/mol. The Hall–Kier alpha value is -0.980. The van der Waals surface area contributed by atoms with E-state index in [-0.39, 0.29) is 12.2 Å². The summed E-state index contributed by atoms with van der Waals surface area (Å²) >= 11 is 0. The number of carbonyl (C=O) groups excluding carboxylic acids is 1. The highest BCUT2D eigenvalue weighted by atomic mass is 19.3. The number of Topliss-reactive ketones (excluding diaryl/α,β-unsaturated/α-hetero) is 1. The number of rotatable bonds is 0. The van der Waals surface area contributed by atoms with Crippen molar-refractivity contribution < 1.29 is 13.6 Å². The third-order valence-corrected chi connectivity index (χ3v) is 1.78. The molecule has 0 N–H and O–H groups in total. The molecule has 4 heteroatoms. The third-order valence-electron chi connectivity index (χ3n) is 1.78. The molecule has 0 aliphatic heterocycles. The molecular formula is C7H7F2NO. The van der Waals surface area contributed by atoms with Crippen LogP contribution >= 0.6 is 0 Å². The first-order chi connectivity index (χ1) is 5.05. The molecule has 0 aromatic carbocycles. The lowest BCUT2D eigenvalue weighted by molar-refractivity contribution is -0.132. The van der Waals surface area contributed by atoms with Crippen LogP contribution in [0.5, 0.6) is 0 Å². The number of hydrogen-bond acceptors (Lipinski definition) is 2. The van der Waals surface area contributed by atoms with Crippen LogP contribution in [-0.2, 0) is 4.79 Å². The van der Waals surface area contributed by atoms with E-state index in [0.29, 0.717) is 0 Å². The molecule has 1 rings (SSSR count). The van der Waals surface area contributed by atoms with Crippen LogP contribution in [0.1, 0.15) is 19.3 Å². The molecule has 1 fully saturated rings. The Morgan fingerprint density at radius 2 is 2.27 bits per heavy atom. The first-order valence-corrected chi connectivity index (χ1v) is 3.35. The lowest BCUT2D eigenvalue weighted by Gasteiger charge is -2.23. The van der Waals surface area contributed by atoms with Gasteiger partial charge in [0.25, 0.3) is 0 Å². The summed E-state index contributed by atoms with van der Waals surface area (Å²) in [6.07, 6.45) is -1.16. The van der Waals surface area contributed by atoms with Crippen molar-refractivity contribution in [2.75, 3.05) is 0 Å². The van der Waals surface area contributed by atoms with Crippen molar-refractivity contribution in [3.63, 3.8) is 0 Å². The summed E-state index contributed by atoms with van der Waals surface area (Å²) in [6.45, 7) is 0. The van der Waals surface area contributed by atoms with Crippen molar-refractivity contribution in [3.8, 4) is 6.07 Å². The van der Waals surface area contributed by atoms with Gasteiger partial charge < -0.3 is 0 Å².